The maximum atomic E-state index is 5.16. The first-order valence-corrected chi connectivity index (χ1v) is 6.09. The first kappa shape index (κ1) is 13.0. The Hall–Kier alpha value is -1.02. The molecule has 1 N–H and O–H groups in total. The lowest BCUT2D eigenvalue weighted by molar-refractivity contribution is 0.190. The number of methoxy groups -OCH3 is 1. The lowest BCUT2D eigenvalue weighted by Crippen LogP contribution is -2.22. The average Bonchev–Trinajstić information content (AvgIpc) is 2.29. The highest BCUT2D eigenvalue weighted by atomic mass is 16.5. The van der Waals surface area contributed by atoms with Gasteiger partial charge in [0.25, 0.3) is 0 Å². The van der Waals surface area contributed by atoms with Gasteiger partial charge in [-0.3, -0.25) is 0 Å². The van der Waals surface area contributed by atoms with Crippen molar-refractivity contribution in [2.45, 2.75) is 39.7 Å². The summed E-state index contributed by atoms with van der Waals surface area (Å²) in [5, 5.41) is 3.56. The number of hydrogen-bond donors (Lipinski definition) is 1. The van der Waals surface area contributed by atoms with Crippen LogP contribution in [0.15, 0.2) is 18.2 Å². The second-order valence-electron chi connectivity index (χ2n) is 4.16. The van der Waals surface area contributed by atoms with Gasteiger partial charge in [-0.15, -0.1) is 0 Å². The van der Waals surface area contributed by atoms with Crippen molar-refractivity contribution in [3.63, 3.8) is 0 Å². The third-order valence-corrected chi connectivity index (χ3v) is 2.81. The standard InChI is InChI=1S/C14H23NO/c1-5-12-8-7-9-13(6-2)14(12)15-11(3)10-16-4/h7-9,11,15H,5-6,10H2,1-4H3/t11-/m0/s1. The minimum absolute atomic E-state index is 0.350. The number of anilines is 1. The normalized spacial score (nSPS) is 12.5. The van der Waals surface area contributed by atoms with Crippen molar-refractivity contribution in [2.75, 3.05) is 19.0 Å². The van der Waals surface area contributed by atoms with E-state index in [9.17, 15) is 0 Å². The van der Waals surface area contributed by atoms with Crippen LogP contribution in [0.4, 0.5) is 5.69 Å². The zero-order valence-electron chi connectivity index (χ0n) is 10.8. The van der Waals surface area contributed by atoms with E-state index in [2.05, 4.69) is 44.3 Å². The fourth-order valence-electron chi connectivity index (χ4n) is 1.97. The van der Waals surface area contributed by atoms with E-state index in [1.165, 1.54) is 16.8 Å². The average molecular weight is 221 g/mol. The first-order chi connectivity index (χ1) is 7.72. The smallest absolute Gasteiger partial charge is 0.0661 e. The zero-order valence-corrected chi connectivity index (χ0v) is 10.8. The van der Waals surface area contributed by atoms with Crippen LogP contribution in [-0.4, -0.2) is 19.8 Å². The summed E-state index contributed by atoms with van der Waals surface area (Å²) in [5.74, 6) is 0. The Morgan fingerprint density at radius 3 is 2.19 bits per heavy atom. The number of hydrogen-bond acceptors (Lipinski definition) is 2. The van der Waals surface area contributed by atoms with Gasteiger partial charge in [0.2, 0.25) is 0 Å². The van der Waals surface area contributed by atoms with Gasteiger partial charge in [0.1, 0.15) is 0 Å². The van der Waals surface area contributed by atoms with Crippen LogP contribution in [0.3, 0.4) is 0 Å². The number of benzene rings is 1. The summed E-state index contributed by atoms with van der Waals surface area (Å²) >= 11 is 0. The summed E-state index contributed by atoms with van der Waals surface area (Å²) < 4.78 is 5.16. The second kappa shape index (κ2) is 6.54. The molecule has 2 heteroatoms. The molecular formula is C14H23NO. The van der Waals surface area contributed by atoms with Gasteiger partial charge >= 0.3 is 0 Å². The first-order valence-electron chi connectivity index (χ1n) is 6.09. The Kier molecular flexibility index (Phi) is 5.33. The van der Waals surface area contributed by atoms with Gasteiger partial charge in [-0.25, -0.2) is 0 Å². The third-order valence-electron chi connectivity index (χ3n) is 2.81. The van der Waals surface area contributed by atoms with Crippen LogP contribution >= 0.6 is 0 Å². The molecule has 0 heterocycles. The number of rotatable bonds is 6. The fraction of sp³-hybridized carbons (Fsp3) is 0.571. The van der Waals surface area contributed by atoms with E-state index in [4.69, 9.17) is 4.74 Å². The van der Waals surface area contributed by atoms with Gasteiger partial charge in [-0.1, -0.05) is 32.0 Å². The molecule has 0 aliphatic carbocycles. The highest BCUT2D eigenvalue weighted by molar-refractivity contribution is 5.58. The quantitative estimate of drug-likeness (QED) is 0.796. The molecule has 0 aromatic heterocycles. The lowest BCUT2D eigenvalue weighted by atomic mass is 10.0. The molecule has 0 amide bonds. The topological polar surface area (TPSA) is 21.3 Å². The van der Waals surface area contributed by atoms with E-state index in [1.807, 2.05) is 0 Å². The predicted molar refractivity (Wildman–Crippen MR) is 70.2 cm³/mol. The molecule has 0 radical (unpaired) electrons. The summed E-state index contributed by atoms with van der Waals surface area (Å²) in [6.45, 7) is 7.28. The summed E-state index contributed by atoms with van der Waals surface area (Å²) in [7, 11) is 1.74. The molecule has 0 unspecified atom stereocenters. The molecule has 0 saturated heterocycles. The largest absolute Gasteiger partial charge is 0.383 e. The second-order valence-corrected chi connectivity index (χ2v) is 4.16. The molecule has 0 aliphatic heterocycles. The Bertz CT molecular complexity index is 300. The maximum Gasteiger partial charge on any atom is 0.0661 e. The molecule has 1 aromatic carbocycles. The van der Waals surface area contributed by atoms with Crippen LogP contribution in [0, 0.1) is 0 Å². The highest BCUT2D eigenvalue weighted by Crippen LogP contribution is 2.23. The molecule has 2 nitrogen and oxygen atoms in total. The summed E-state index contributed by atoms with van der Waals surface area (Å²) in [6.07, 6.45) is 2.13. The van der Waals surface area contributed by atoms with Gasteiger partial charge in [-0.05, 0) is 30.9 Å². The maximum absolute atomic E-state index is 5.16. The lowest BCUT2D eigenvalue weighted by Gasteiger charge is -2.20. The van der Waals surface area contributed by atoms with Crippen molar-refractivity contribution >= 4 is 5.69 Å². The van der Waals surface area contributed by atoms with E-state index in [1.54, 1.807) is 7.11 Å². The van der Waals surface area contributed by atoms with Gasteiger partial charge in [0.15, 0.2) is 0 Å². The van der Waals surface area contributed by atoms with Crippen LogP contribution in [-0.2, 0) is 17.6 Å². The van der Waals surface area contributed by atoms with Crippen LogP contribution in [0.2, 0.25) is 0 Å². The molecule has 0 spiro atoms. The number of nitrogens with one attached hydrogen (secondary N) is 1. The van der Waals surface area contributed by atoms with E-state index < -0.39 is 0 Å². The molecule has 0 fully saturated rings. The Morgan fingerprint density at radius 1 is 1.19 bits per heavy atom. The molecule has 16 heavy (non-hydrogen) atoms. The van der Waals surface area contributed by atoms with Crippen LogP contribution in [0.5, 0.6) is 0 Å². The van der Waals surface area contributed by atoms with E-state index >= 15 is 0 Å². The SMILES string of the molecule is CCc1cccc(CC)c1N[C@@H](C)COC. The molecule has 1 atom stereocenters. The van der Waals surface area contributed by atoms with Crippen molar-refractivity contribution in [1.82, 2.24) is 0 Å². The van der Waals surface area contributed by atoms with Crippen molar-refractivity contribution in [3.05, 3.63) is 29.3 Å². The zero-order chi connectivity index (χ0) is 12.0. The molecule has 0 saturated carbocycles. The van der Waals surface area contributed by atoms with E-state index in [0.717, 1.165) is 19.4 Å². The summed E-state index contributed by atoms with van der Waals surface area (Å²) in [6, 6.07) is 6.88. The molecule has 1 aromatic rings. The predicted octanol–water partition coefficient (Wildman–Crippen LogP) is 3.26. The van der Waals surface area contributed by atoms with E-state index in [0.29, 0.717) is 6.04 Å². The minimum atomic E-state index is 0.350. The highest BCUT2D eigenvalue weighted by Gasteiger charge is 2.08. The summed E-state index contributed by atoms with van der Waals surface area (Å²) in [5.41, 5.74) is 4.08. The number of para-hydroxylation sites is 1. The van der Waals surface area contributed by atoms with Gasteiger partial charge < -0.3 is 10.1 Å². The van der Waals surface area contributed by atoms with Gasteiger partial charge in [0.05, 0.1) is 6.61 Å². The van der Waals surface area contributed by atoms with Gasteiger partial charge in [-0.2, -0.15) is 0 Å². The van der Waals surface area contributed by atoms with Crippen molar-refractivity contribution in [1.29, 1.82) is 0 Å². The third kappa shape index (κ3) is 3.24. The van der Waals surface area contributed by atoms with Gasteiger partial charge in [0, 0.05) is 18.8 Å². The van der Waals surface area contributed by atoms with Crippen molar-refractivity contribution in [3.8, 4) is 0 Å². The molecular weight excluding hydrogens is 198 g/mol. The van der Waals surface area contributed by atoms with Crippen LogP contribution in [0.25, 0.3) is 0 Å². The number of aryl methyl sites for hydroxylation is 2. The Balaban J connectivity index is 2.90. The monoisotopic (exact) mass is 221 g/mol. The van der Waals surface area contributed by atoms with Crippen molar-refractivity contribution < 1.29 is 4.74 Å². The minimum Gasteiger partial charge on any atom is -0.383 e. The summed E-state index contributed by atoms with van der Waals surface area (Å²) in [4.78, 5) is 0. The Labute approximate surface area is 99.0 Å². The molecule has 90 valence electrons. The van der Waals surface area contributed by atoms with Crippen molar-refractivity contribution in [2.24, 2.45) is 0 Å². The molecule has 1 rings (SSSR count). The van der Waals surface area contributed by atoms with Crippen LogP contribution in [0.1, 0.15) is 31.9 Å². The molecule has 0 aliphatic rings. The Morgan fingerprint density at radius 2 is 1.75 bits per heavy atom. The fourth-order valence-corrected chi connectivity index (χ4v) is 1.97. The van der Waals surface area contributed by atoms with Crippen LogP contribution < -0.4 is 5.32 Å². The number of ether oxygens (including phenoxy) is 1. The van der Waals surface area contributed by atoms with E-state index in [-0.39, 0.29) is 0 Å². The molecule has 0 bridgehead atoms.